The highest BCUT2D eigenvalue weighted by molar-refractivity contribution is 5.29. The normalized spacial score (nSPS) is 11.9. The van der Waals surface area contributed by atoms with E-state index in [-0.39, 0.29) is 6.61 Å². The lowest BCUT2D eigenvalue weighted by Crippen LogP contribution is -2.32. The van der Waals surface area contributed by atoms with Crippen LogP contribution in [0.25, 0.3) is 0 Å². The quantitative estimate of drug-likeness (QED) is 0.824. The Morgan fingerprint density at radius 2 is 1.73 bits per heavy atom. The number of ether oxygens (including phenoxy) is 1. The predicted molar refractivity (Wildman–Crippen MR) is 62.3 cm³/mol. The van der Waals surface area contributed by atoms with Gasteiger partial charge in [-0.1, -0.05) is 26.0 Å². The molecule has 1 rings (SSSR count). The summed E-state index contributed by atoms with van der Waals surface area (Å²) in [7, 11) is 0. The van der Waals surface area contributed by atoms with Crippen LogP contribution in [0.2, 0.25) is 0 Å². The molecule has 0 unspecified atom stereocenters. The minimum Gasteiger partial charge on any atom is -0.485 e. The van der Waals surface area contributed by atoms with Crippen LogP contribution in [-0.4, -0.2) is 17.3 Å². The molecular formula is C13H20O2. The number of hydrogen-bond acceptors (Lipinski definition) is 2. The molecule has 0 aliphatic heterocycles. The van der Waals surface area contributed by atoms with Gasteiger partial charge in [0.15, 0.2) is 0 Å². The highest BCUT2D eigenvalue weighted by Gasteiger charge is 2.17. The summed E-state index contributed by atoms with van der Waals surface area (Å²) in [5.41, 5.74) is 0.781. The third kappa shape index (κ3) is 3.56. The van der Waals surface area contributed by atoms with E-state index in [9.17, 15) is 0 Å². The fourth-order valence-corrected chi connectivity index (χ4v) is 1.27. The summed E-state index contributed by atoms with van der Waals surface area (Å²) >= 11 is 0. The fourth-order valence-electron chi connectivity index (χ4n) is 1.27. The second-order valence-electron chi connectivity index (χ2n) is 4.74. The van der Waals surface area contributed by atoms with Crippen LogP contribution in [0.3, 0.4) is 0 Å². The van der Waals surface area contributed by atoms with Crippen molar-refractivity contribution in [2.45, 2.75) is 39.2 Å². The van der Waals surface area contributed by atoms with Gasteiger partial charge >= 0.3 is 0 Å². The van der Waals surface area contributed by atoms with Crippen molar-refractivity contribution in [1.82, 2.24) is 0 Å². The van der Waals surface area contributed by atoms with Gasteiger partial charge in [-0.05, 0) is 37.5 Å². The van der Waals surface area contributed by atoms with Gasteiger partial charge in [-0.2, -0.15) is 0 Å². The third-order valence-corrected chi connectivity index (χ3v) is 2.32. The highest BCUT2D eigenvalue weighted by atomic mass is 16.5. The molecule has 0 aromatic heterocycles. The molecule has 0 spiro atoms. The van der Waals surface area contributed by atoms with Gasteiger partial charge in [0.05, 0.1) is 6.61 Å². The summed E-state index contributed by atoms with van der Waals surface area (Å²) in [5, 5.41) is 9.07. The van der Waals surface area contributed by atoms with Gasteiger partial charge in [-0.25, -0.2) is 0 Å². The Balaban J connectivity index is 2.73. The van der Waals surface area contributed by atoms with E-state index >= 15 is 0 Å². The second-order valence-corrected chi connectivity index (χ2v) is 4.74. The van der Waals surface area contributed by atoms with E-state index < -0.39 is 5.60 Å². The number of aliphatic hydroxyl groups excluding tert-OH is 1. The van der Waals surface area contributed by atoms with E-state index in [1.54, 1.807) is 0 Å². The van der Waals surface area contributed by atoms with Crippen molar-refractivity contribution < 1.29 is 9.84 Å². The minimum atomic E-state index is -0.515. The molecule has 0 aliphatic rings. The summed E-state index contributed by atoms with van der Waals surface area (Å²) in [6.07, 6.45) is 0. The smallest absolute Gasteiger partial charge is 0.126 e. The Hall–Kier alpha value is -1.02. The van der Waals surface area contributed by atoms with Crippen molar-refractivity contribution in [2.75, 3.05) is 6.61 Å². The van der Waals surface area contributed by atoms with Crippen molar-refractivity contribution in [3.8, 4) is 5.75 Å². The summed E-state index contributed by atoms with van der Waals surface area (Å²) in [5.74, 6) is 1.34. The maximum Gasteiger partial charge on any atom is 0.126 e. The van der Waals surface area contributed by atoms with Crippen molar-refractivity contribution in [1.29, 1.82) is 0 Å². The molecular weight excluding hydrogens is 188 g/mol. The average Bonchev–Trinajstić information content (AvgIpc) is 2.18. The van der Waals surface area contributed by atoms with Crippen LogP contribution in [0, 0.1) is 0 Å². The van der Waals surface area contributed by atoms with Gasteiger partial charge < -0.3 is 9.84 Å². The predicted octanol–water partition coefficient (Wildman–Crippen LogP) is 2.96. The summed E-state index contributed by atoms with van der Waals surface area (Å²) < 4.78 is 5.64. The van der Waals surface area contributed by atoms with Crippen LogP contribution in [0.4, 0.5) is 0 Å². The van der Waals surface area contributed by atoms with Crippen LogP contribution in [0.5, 0.6) is 5.75 Å². The summed E-state index contributed by atoms with van der Waals surface area (Å²) in [6, 6.07) is 8.03. The number of hydrogen-bond donors (Lipinski definition) is 1. The molecule has 1 aromatic carbocycles. The molecule has 0 fully saturated rings. The molecule has 0 bridgehead atoms. The maximum absolute atomic E-state index is 9.07. The average molecular weight is 208 g/mol. The van der Waals surface area contributed by atoms with Gasteiger partial charge in [0.1, 0.15) is 11.4 Å². The molecule has 0 saturated heterocycles. The van der Waals surface area contributed by atoms with Gasteiger partial charge in [-0.3, -0.25) is 0 Å². The van der Waals surface area contributed by atoms with E-state index in [0.717, 1.165) is 5.75 Å². The Kier molecular flexibility index (Phi) is 3.75. The number of benzene rings is 1. The Morgan fingerprint density at radius 3 is 2.13 bits per heavy atom. The van der Waals surface area contributed by atoms with E-state index in [1.165, 1.54) is 5.56 Å². The summed E-state index contributed by atoms with van der Waals surface area (Å²) in [4.78, 5) is 0. The van der Waals surface area contributed by atoms with E-state index in [4.69, 9.17) is 9.84 Å². The fraction of sp³-hybridized carbons (Fsp3) is 0.538. The second kappa shape index (κ2) is 4.67. The zero-order valence-corrected chi connectivity index (χ0v) is 9.95. The van der Waals surface area contributed by atoms with Crippen LogP contribution in [-0.2, 0) is 0 Å². The lowest BCUT2D eigenvalue weighted by atomic mass is 10.0. The SMILES string of the molecule is CC(C)c1ccc(OC(C)(C)CO)cc1. The zero-order chi connectivity index (χ0) is 11.5. The van der Waals surface area contributed by atoms with Crippen LogP contribution in [0.1, 0.15) is 39.2 Å². The molecule has 0 radical (unpaired) electrons. The van der Waals surface area contributed by atoms with Gasteiger partial charge in [0.2, 0.25) is 0 Å². The van der Waals surface area contributed by atoms with Gasteiger partial charge in [0, 0.05) is 0 Å². The molecule has 84 valence electrons. The lowest BCUT2D eigenvalue weighted by molar-refractivity contribution is 0.0412. The topological polar surface area (TPSA) is 29.5 Å². The van der Waals surface area contributed by atoms with Crippen molar-refractivity contribution in [2.24, 2.45) is 0 Å². The Labute approximate surface area is 91.9 Å². The Morgan fingerprint density at radius 1 is 1.20 bits per heavy atom. The molecule has 2 heteroatoms. The first-order valence-corrected chi connectivity index (χ1v) is 5.34. The standard InChI is InChI=1S/C13H20O2/c1-10(2)11-5-7-12(8-6-11)15-13(3,4)9-14/h5-8,10,14H,9H2,1-4H3. The maximum atomic E-state index is 9.07. The molecule has 1 aromatic rings. The molecule has 15 heavy (non-hydrogen) atoms. The van der Waals surface area contributed by atoms with Gasteiger partial charge in [0.25, 0.3) is 0 Å². The molecule has 0 aliphatic carbocycles. The first-order chi connectivity index (χ1) is 6.94. The first-order valence-electron chi connectivity index (χ1n) is 5.34. The monoisotopic (exact) mass is 208 g/mol. The number of aliphatic hydroxyl groups is 1. The van der Waals surface area contributed by atoms with E-state index in [0.29, 0.717) is 5.92 Å². The van der Waals surface area contributed by atoms with E-state index in [1.807, 2.05) is 26.0 Å². The minimum absolute atomic E-state index is 0.0128. The molecule has 0 atom stereocenters. The third-order valence-electron chi connectivity index (χ3n) is 2.32. The zero-order valence-electron chi connectivity index (χ0n) is 9.95. The molecule has 1 N–H and O–H groups in total. The van der Waals surface area contributed by atoms with Gasteiger partial charge in [-0.15, -0.1) is 0 Å². The lowest BCUT2D eigenvalue weighted by Gasteiger charge is -2.24. The number of rotatable bonds is 4. The highest BCUT2D eigenvalue weighted by Crippen LogP contribution is 2.21. The molecule has 0 heterocycles. The summed E-state index contributed by atoms with van der Waals surface area (Å²) in [6.45, 7) is 8.06. The van der Waals surface area contributed by atoms with E-state index in [2.05, 4.69) is 26.0 Å². The van der Waals surface area contributed by atoms with Crippen molar-refractivity contribution in [3.63, 3.8) is 0 Å². The van der Waals surface area contributed by atoms with Crippen molar-refractivity contribution in [3.05, 3.63) is 29.8 Å². The van der Waals surface area contributed by atoms with Crippen LogP contribution < -0.4 is 4.74 Å². The molecule has 0 saturated carbocycles. The van der Waals surface area contributed by atoms with Crippen LogP contribution in [0.15, 0.2) is 24.3 Å². The van der Waals surface area contributed by atoms with Crippen molar-refractivity contribution >= 4 is 0 Å². The molecule has 0 amide bonds. The first kappa shape index (κ1) is 12.1. The largest absolute Gasteiger partial charge is 0.485 e. The molecule has 2 nitrogen and oxygen atoms in total. The Bertz CT molecular complexity index is 299. The van der Waals surface area contributed by atoms with Crippen LogP contribution >= 0.6 is 0 Å².